The maximum Gasteiger partial charge on any atom is 0.317 e. The van der Waals surface area contributed by atoms with E-state index >= 15 is 0 Å². The number of amides is 3. The number of nitrogens with one attached hydrogen (secondary N) is 1. The maximum absolute atomic E-state index is 12.4. The van der Waals surface area contributed by atoms with E-state index in [-0.39, 0.29) is 23.5 Å². The van der Waals surface area contributed by atoms with E-state index in [1.807, 2.05) is 23.6 Å². The Bertz CT molecular complexity index is 457. The van der Waals surface area contributed by atoms with Crippen LogP contribution in [0.15, 0.2) is 0 Å². The lowest BCUT2D eigenvalue weighted by Crippen LogP contribution is -2.63. The summed E-state index contributed by atoms with van der Waals surface area (Å²) >= 11 is 0. The number of urea groups is 1. The first-order valence-electron chi connectivity index (χ1n) is 8.91. The topological polar surface area (TPSA) is 65.1 Å². The van der Waals surface area contributed by atoms with Crippen LogP contribution in [0.4, 0.5) is 4.79 Å². The number of rotatable bonds is 4. The fourth-order valence-corrected chi connectivity index (χ4v) is 3.64. The van der Waals surface area contributed by atoms with Crippen molar-refractivity contribution in [2.45, 2.75) is 44.7 Å². The van der Waals surface area contributed by atoms with E-state index in [0.717, 1.165) is 32.5 Å². The summed E-state index contributed by atoms with van der Waals surface area (Å²) in [6.45, 7) is 8.16. The Kier molecular flexibility index (Phi) is 6.46. The summed E-state index contributed by atoms with van der Waals surface area (Å²) in [4.78, 5) is 30.9. The van der Waals surface area contributed by atoms with Crippen LogP contribution in [0.3, 0.4) is 0 Å². The molecule has 7 nitrogen and oxygen atoms in total. The number of methoxy groups -OCH3 is 1. The van der Waals surface area contributed by atoms with Gasteiger partial charge in [0.05, 0.1) is 6.61 Å². The molecule has 0 saturated carbocycles. The molecule has 24 heavy (non-hydrogen) atoms. The second-order valence-electron chi connectivity index (χ2n) is 7.30. The first-order chi connectivity index (χ1) is 11.4. The molecular weight excluding hydrogens is 308 g/mol. The van der Waals surface area contributed by atoms with Gasteiger partial charge in [0.25, 0.3) is 0 Å². The summed E-state index contributed by atoms with van der Waals surface area (Å²) in [6, 6.07) is 0.137. The Hall–Kier alpha value is -1.34. The minimum atomic E-state index is -0.107. The highest BCUT2D eigenvalue weighted by Gasteiger charge is 2.43. The molecule has 0 aromatic carbocycles. The van der Waals surface area contributed by atoms with Gasteiger partial charge in [-0.05, 0) is 33.7 Å². The van der Waals surface area contributed by atoms with Crippen molar-refractivity contribution in [3.8, 4) is 0 Å². The van der Waals surface area contributed by atoms with Crippen molar-refractivity contribution in [2.24, 2.45) is 0 Å². The predicted octanol–water partition coefficient (Wildman–Crippen LogP) is 0.750. The number of hydrogen-bond donors (Lipinski definition) is 1. The molecule has 2 aliphatic rings. The maximum atomic E-state index is 12.4. The minimum Gasteiger partial charge on any atom is -0.383 e. The first kappa shape index (κ1) is 19.0. The normalized spacial score (nSPS) is 26.1. The molecule has 2 saturated heterocycles. The molecule has 138 valence electrons. The monoisotopic (exact) mass is 340 g/mol. The van der Waals surface area contributed by atoms with Crippen molar-refractivity contribution in [2.75, 3.05) is 53.5 Å². The highest BCUT2D eigenvalue weighted by molar-refractivity contribution is 5.77. The molecule has 7 heteroatoms. The molecule has 2 fully saturated rings. The van der Waals surface area contributed by atoms with Crippen LogP contribution in [0, 0.1) is 0 Å². The van der Waals surface area contributed by atoms with Crippen LogP contribution in [-0.4, -0.2) is 91.7 Å². The summed E-state index contributed by atoms with van der Waals surface area (Å²) in [5.74, 6) is 0.195. The number of ether oxygens (including phenoxy) is 1. The summed E-state index contributed by atoms with van der Waals surface area (Å²) in [6.07, 6.45) is 2.23. The third kappa shape index (κ3) is 4.39. The Labute approximate surface area is 145 Å². The van der Waals surface area contributed by atoms with Gasteiger partial charge in [0.1, 0.15) is 0 Å². The number of piperazine rings is 1. The van der Waals surface area contributed by atoms with Crippen LogP contribution in [0.2, 0.25) is 0 Å². The quantitative estimate of drug-likeness (QED) is 0.820. The van der Waals surface area contributed by atoms with Gasteiger partial charge in [-0.15, -0.1) is 0 Å². The van der Waals surface area contributed by atoms with Crippen molar-refractivity contribution in [3.05, 3.63) is 0 Å². The molecule has 3 amide bonds. The van der Waals surface area contributed by atoms with Gasteiger partial charge < -0.3 is 19.9 Å². The molecule has 0 bridgehead atoms. The molecule has 0 unspecified atom stereocenters. The number of carbonyl (C=O) groups is 2. The van der Waals surface area contributed by atoms with E-state index in [1.54, 1.807) is 7.11 Å². The van der Waals surface area contributed by atoms with E-state index in [4.69, 9.17) is 4.74 Å². The van der Waals surface area contributed by atoms with Gasteiger partial charge in [-0.3, -0.25) is 9.69 Å². The van der Waals surface area contributed by atoms with Crippen molar-refractivity contribution >= 4 is 11.9 Å². The van der Waals surface area contributed by atoms with Crippen LogP contribution in [-0.2, 0) is 9.53 Å². The number of likely N-dealkylation sites (tertiary alicyclic amines) is 1. The SMILES string of the molecule is COCCN1CC[C@@]2(CCC1=O)CN(C(=O)NC(C)C)CCN2C. The Morgan fingerprint density at radius 1 is 1.29 bits per heavy atom. The Morgan fingerprint density at radius 2 is 2.04 bits per heavy atom. The van der Waals surface area contributed by atoms with Crippen LogP contribution in [0.5, 0.6) is 0 Å². The highest BCUT2D eigenvalue weighted by atomic mass is 16.5. The molecule has 1 spiro atoms. The molecule has 0 radical (unpaired) electrons. The molecule has 2 aliphatic heterocycles. The first-order valence-corrected chi connectivity index (χ1v) is 8.91. The second kappa shape index (κ2) is 8.16. The summed E-state index contributed by atoms with van der Waals surface area (Å²) in [5, 5.41) is 2.98. The van der Waals surface area contributed by atoms with E-state index in [2.05, 4.69) is 17.3 Å². The van der Waals surface area contributed by atoms with E-state index in [1.165, 1.54) is 0 Å². The zero-order valence-electron chi connectivity index (χ0n) is 15.5. The Morgan fingerprint density at radius 3 is 2.71 bits per heavy atom. The van der Waals surface area contributed by atoms with Crippen LogP contribution < -0.4 is 5.32 Å². The van der Waals surface area contributed by atoms with E-state index in [0.29, 0.717) is 26.1 Å². The fourth-order valence-electron chi connectivity index (χ4n) is 3.64. The smallest absolute Gasteiger partial charge is 0.317 e. The van der Waals surface area contributed by atoms with Crippen molar-refractivity contribution in [1.82, 2.24) is 20.0 Å². The lowest BCUT2D eigenvalue weighted by atomic mass is 9.86. The largest absolute Gasteiger partial charge is 0.383 e. The number of carbonyl (C=O) groups excluding carboxylic acids is 2. The predicted molar refractivity (Wildman–Crippen MR) is 92.9 cm³/mol. The van der Waals surface area contributed by atoms with Gasteiger partial charge in [-0.25, -0.2) is 4.79 Å². The standard InChI is InChI=1S/C17H32N4O3/c1-14(2)18-16(23)21-10-9-19(3)17(13-21)6-5-15(22)20(8-7-17)11-12-24-4/h14H,5-13H2,1-4H3,(H,18,23)/t17-/m0/s1. The number of nitrogens with zero attached hydrogens (tertiary/aromatic N) is 3. The highest BCUT2D eigenvalue weighted by Crippen LogP contribution is 2.32. The van der Waals surface area contributed by atoms with Gasteiger partial charge in [0, 0.05) is 57.8 Å². The molecule has 0 aromatic rings. The number of hydrogen-bond acceptors (Lipinski definition) is 4. The lowest BCUT2D eigenvalue weighted by Gasteiger charge is -2.49. The molecule has 0 aliphatic carbocycles. The molecule has 1 N–H and O–H groups in total. The third-order valence-electron chi connectivity index (χ3n) is 5.27. The van der Waals surface area contributed by atoms with E-state index in [9.17, 15) is 9.59 Å². The average molecular weight is 340 g/mol. The van der Waals surface area contributed by atoms with Crippen LogP contribution in [0.25, 0.3) is 0 Å². The van der Waals surface area contributed by atoms with Crippen LogP contribution in [0.1, 0.15) is 33.1 Å². The van der Waals surface area contributed by atoms with Gasteiger partial charge in [-0.2, -0.15) is 0 Å². The van der Waals surface area contributed by atoms with Gasteiger partial charge in [-0.1, -0.05) is 0 Å². The van der Waals surface area contributed by atoms with Crippen molar-refractivity contribution < 1.29 is 14.3 Å². The molecule has 0 aromatic heterocycles. The summed E-state index contributed by atoms with van der Waals surface area (Å²) in [7, 11) is 3.77. The van der Waals surface area contributed by atoms with Crippen molar-refractivity contribution in [1.29, 1.82) is 0 Å². The number of likely N-dealkylation sites (N-methyl/N-ethyl adjacent to an activating group) is 1. The van der Waals surface area contributed by atoms with Gasteiger partial charge >= 0.3 is 6.03 Å². The molecule has 1 atom stereocenters. The van der Waals surface area contributed by atoms with Gasteiger partial charge in [0.15, 0.2) is 0 Å². The molecular formula is C17H32N4O3. The van der Waals surface area contributed by atoms with Gasteiger partial charge in [0.2, 0.25) is 5.91 Å². The third-order valence-corrected chi connectivity index (χ3v) is 5.27. The van der Waals surface area contributed by atoms with Crippen LogP contribution >= 0.6 is 0 Å². The zero-order chi connectivity index (χ0) is 17.7. The van der Waals surface area contributed by atoms with Crippen molar-refractivity contribution in [3.63, 3.8) is 0 Å². The molecule has 2 rings (SSSR count). The second-order valence-corrected chi connectivity index (χ2v) is 7.30. The summed E-state index contributed by atoms with van der Waals surface area (Å²) in [5.41, 5.74) is -0.107. The average Bonchev–Trinajstić information content (AvgIpc) is 2.68. The summed E-state index contributed by atoms with van der Waals surface area (Å²) < 4.78 is 5.11. The fraction of sp³-hybridized carbons (Fsp3) is 0.882. The lowest BCUT2D eigenvalue weighted by molar-refractivity contribution is -0.131. The van der Waals surface area contributed by atoms with E-state index < -0.39 is 0 Å². The molecule has 2 heterocycles. The zero-order valence-corrected chi connectivity index (χ0v) is 15.5. The Balaban J connectivity index is 2.06. The minimum absolute atomic E-state index is 0.00397.